The third-order valence-corrected chi connectivity index (χ3v) is 14.7. The number of rotatable bonds is 58. The summed E-state index contributed by atoms with van der Waals surface area (Å²) in [6, 6.07) is -0.637. The van der Waals surface area contributed by atoms with Crippen LogP contribution in [0.2, 0.25) is 0 Å². The Morgan fingerprint density at radius 2 is 0.582 bits per heavy atom. The predicted molar refractivity (Wildman–Crippen MR) is 299 cm³/mol. The lowest BCUT2D eigenvalue weighted by molar-refractivity contribution is -0.123. The minimum Gasteiger partial charge on any atom is -0.394 e. The molecular weight excluding hydrogens is 819 g/mol. The van der Waals surface area contributed by atoms with E-state index in [0.717, 1.165) is 32.1 Å². The van der Waals surface area contributed by atoms with Crippen LogP contribution in [-0.2, 0) is 4.79 Å². The third kappa shape index (κ3) is 55.7. The minimum atomic E-state index is -0.860. The predicted octanol–water partition coefficient (Wildman–Crippen LogP) is 20.7. The van der Waals surface area contributed by atoms with E-state index in [1.165, 1.54) is 302 Å². The maximum atomic E-state index is 12.5. The summed E-state index contributed by atoms with van der Waals surface area (Å²) in [5, 5.41) is 23.2. The Morgan fingerprint density at radius 3 is 0.866 bits per heavy atom. The van der Waals surface area contributed by atoms with E-state index in [1.807, 2.05) is 6.08 Å². The number of amides is 1. The fraction of sp³-hybridized carbons (Fsp3) is 0.921. The Balaban J connectivity index is 3.45. The van der Waals surface area contributed by atoms with Crippen molar-refractivity contribution >= 4 is 5.91 Å². The fourth-order valence-electron chi connectivity index (χ4n) is 9.97. The molecule has 4 heteroatoms. The van der Waals surface area contributed by atoms with Crippen LogP contribution in [0.25, 0.3) is 0 Å². The summed E-state index contributed by atoms with van der Waals surface area (Å²) in [4.78, 5) is 12.5. The first kappa shape index (κ1) is 65.9. The van der Waals surface area contributed by atoms with Gasteiger partial charge in [-0.15, -0.1) is 0 Å². The van der Waals surface area contributed by atoms with Gasteiger partial charge in [-0.2, -0.15) is 0 Å². The van der Waals surface area contributed by atoms with Gasteiger partial charge in [0.2, 0.25) is 5.91 Å². The van der Waals surface area contributed by atoms with Gasteiger partial charge < -0.3 is 15.5 Å². The van der Waals surface area contributed by atoms with Crippen LogP contribution in [0.4, 0.5) is 0 Å². The molecule has 2 atom stereocenters. The number of aliphatic hydroxyl groups is 2. The lowest BCUT2D eigenvalue weighted by atomic mass is 10.0. The summed E-state index contributed by atoms with van der Waals surface area (Å²) in [5.74, 6) is -0.0653. The van der Waals surface area contributed by atoms with Crippen molar-refractivity contribution in [2.75, 3.05) is 6.61 Å². The second kappa shape index (κ2) is 59.2. The van der Waals surface area contributed by atoms with Gasteiger partial charge in [0, 0.05) is 6.42 Å². The molecule has 0 aromatic carbocycles. The van der Waals surface area contributed by atoms with Crippen molar-refractivity contribution in [1.29, 1.82) is 0 Å². The highest BCUT2D eigenvalue weighted by molar-refractivity contribution is 5.76. The molecule has 0 spiro atoms. The van der Waals surface area contributed by atoms with Crippen molar-refractivity contribution in [3.05, 3.63) is 24.3 Å². The van der Waals surface area contributed by atoms with Gasteiger partial charge in [-0.05, 0) is 32.1 Å². The van der Waals surface area contributed by atoms with Crippen LogP contribution in [0, 0.1) is 0 Å². The van der Waals surface area contributed by atoms with Crippen LogP contribution in [0.5, 0.6) is 0 Å². The zero-order chi connectivity index (χ0) is 48.5. The Hall–Kier alpha value is -1.13. The quantitative estimate of drug-likeness (QED) is 0.0420. The molecule has 4 nitrogen and oxygen atoms in total. The van der Waals surface area contributed by atoms with Gasteiger partial charge in [-0.25, -0.2) is 0 Å². The second-order valence-corrected chi connectivity index (χ2v) is 21.5. The first-order chi connectivity index (χ1) is 33.2. The standard InChI is InChI=1S/C63H123NO3/c1-3-5-7-9-11-13-15-17-19-21-23-25-27-29-30-31-32-33-34-35-37-39-41-43-45-47-49-51-53-55-57-59-63(67)64-61(60-65)62(66)58-56-54-52-50-48-46-44-42-40-38-36-28-26-24-22-20-18-16-14-12-10-8-6-4-2/h48,50,56,58,61-62,65-66H,3-47,49,51-55,57,59-60H2,1-2H3,(H,64,67)/b50-48+,58-56+. The Bertz CT molecular complexity index is 978. The number of allylic oxidation sites excluding steroid dienone is 3. The molecule has 2 unspecified atom stereocenters. The van der Waals surface area contributed by atoms with Crippen LogP contribution in [-0.4, -0.2) is 34.9 Å². The summed E-state index contributed by atoms with van der Waals surface area (Å²) in [5.41, 5.74) is 0. The van der Waals surface area contributed by atoms with Gasteiger partial charge in [0.25, 0.3) is 0 Å². The fourth-order valence-corrected chi connectivity index (χ4v) is 9.97. The summed E-state index contributed by atoms with van der Waals surface area (Å²) in [6.07, 6.45) is 79.5. The van der Waals surface area contributed by atoms with E-state index in [4.69, 9.17) is 0 Å². The van der Waals surface area contributed by atoms with Crippen LogP contribution >= 0.6 is 0 Å². The van der Waals surface area contributed by atoms with Crippen molar-refractivity contribution < 1.29 is 15.0 Å². The SMILES string of the molecule is CCCCCCCCCCCCCCCCCCCC/C=C/CC/C=C/C(O)C(CO)NC(=O)CCCCCCCCCCCCCCCCCCCCCCCCCCCCCCCCC. The summed E-state index contributed by atoms with van der Waals surface area (Å²) in [7, 11) is 0. The first-order valence-electron chi connectivity index (χ1n) is 31.1. The highest BCUT2D eigenvalue weighted by Crippen LogP contribution is 2.18. The number of hydrogen-bond donors (Lipinski definition) is 3. The van der Waals surface area contributed by atoms with E-state index in [-0.39, 0.29) is 12.5 Å². The molecule has 0 aliphatic rings. The molecule has 1 amide bonds. The average molecular weight is 943 g/mol. The Labute approximate surface area is 421 Å². The second-order valence-electron chi connectivity index (χ2n) is 21.5. The normalized spacial score (nSPS) is 12.8. The molecule has 67 heavy (non-hydrogen) atoms. The van der Waals surface area contributed by atoms with E-state index in [9.17, 15) is 15.0 Å². The monoisotopic (exact) mass is 942 g/mol. The number of nitrogens with one attached hydrogen (secondary N) is 1. The van der Waals surface area contributed by atoms with E-state index in [2.05, 4.69) is 31.3 Å². The third-order valence-electron chi connectivity index (χ3n) is 14.7. The minimum absolute atomic E-state index is 0.0653. The van der Waals surface area contributed by atoms with E-state index in [0.29, 0.717) is 6.42 Å². The molecular formula is C63H123NO3. The molecule has 0 saturated heterocycles. The first-order valence-corrected chi connectivity index (χ1v) is 31.1. The highest BCUT2D eigenvalue weighted by atomic mass is 16.3. The van der Waals surface area contributed by atoms with E-state index < -0.39 is 12.1 Å². The van der Waals surface area contributed by atoms with Crippen LogP contribution < -0.4 is 5.32 Å². The van der Waals surface area contributed by atoms with Gasteiger partial charge in [-0.3, -0.25) is 4.79 Å². The van der Waals surface area contributed by atoms with Gasteiger partial charge in [-0.1, -0.05) is 340 Å². The van der Waals surface area contributed by atoms with Crippen molar-refractivity contribution in [2.24, 2.45) is 0 Å². The summed E-state index contributed by atoms with van der Waals surface area (Å²) >= 11 is 0. The molecule has 0 aromatic heterocycles. The van der Waals surface area contributed by atoms with Crippen molar-refractivity contribution in [1.82, 2.24) is 5.32 Å². The molecule has 0 radical (unpaired) electrons. The van der Waals surface area contributed by atoms with E-state index >= 15 is 0 Å². The largest absolute Gasteiger partial charge is 0.394 e. The smallest absolute Gasteiger partial charge is 0.220 e. The van der Waals surface area contributed by atoms with Crippen molar-refractivity contribution in [3.63, 3.8) is 0 Å². The molecule has 0 aliphatic heterocycles. The van der Waals surface area contributed by atoms with Gasteiger partial charge in [0.15, 0.2) is 0 Å². The maximum Gasteiger partial charge on any atom is 0.220 e. The summed E-state index contributed by atoms with van der Waals surface area (Å²) < 4.78 is 0. The van der Waals surface area contributed by atoms with Crippen LogP contribution in [0.1, 0.15) is 354 Å². The number of carbonyl (C=O) groups is 1. The van der Waals surface area contributed by atoms with E-state index in [1.54, 1.807) is 6.08 Å². The maximum absolute atomic E-state index is 12.5. The van der Waals surface area contributed by atoms with Crippen LogP contribution in [0.15, 0.2) is 24.3 Å². The average Bonchev–Trinajstić information content (AvgIpc) is 3.33. The number of hydrogen-bond acceptors (Lipinski definition) is 3. The van der Waals surface area contributed by atoms with Crippen LogP contribution in [0.3, 0.4) is 0 Å². The van der Waals surface area contributed by atoms with Gasteiger partial charge in [0.05, 0.1) is 18.8 Å². The van der Waals surface area contributed by atoms with Gasteiger partial charge >= 0.3 is 0 Å². The zero-order valence-electron chi connectivity index (χ0n) is 46.0. The topological polar surface area (TPSA) is 69.6 Å². The molecule has 0 bridgehead atoms. The molecule has 0 aliphatic carbocycles. The molecule has 0 fully saturated rings. The lowest BCUT2D eigenvalue weighted by Gasteiger charge is -2.19. The molecule has 0 heterocycles. The zero-order valence-corrected chi connectivity index (χ0v) is 46.0. The molecule has 3 N–H and O–H groups in total. The number of aliphatic hydroxyl groups excluding tert-OH is 2. The molecule has 0 aromatic rings. The van der Waals surface area contributed by atoms with Gasteiger partial charge in [0.1, 0.15) is 0 Å². The Kier molecular flexibility index (Phi) is 58.2. The van der Waals surface area contributed by atoms with Crippen molar-refractivity contribution in [2.45, 2.75) is 366 Å². The molecule has 398 valence electrons. The molecule has 0 saturated carbocycles. The van der Waals surface area contributed by atoms with Crippen molar-refractivity contribution in [3.8, 4) is 0 Å². The number of carbonyl (C=O) groups excluding carboxylic acids is 1. The molecule has 0 rings (SSSR count). The number of unbranched alkanes of at least 4 members (excludes halogenated alkanes) is 49. The highest BCUT2D eigenvalue weighted by Gasteiger charge is 2.18. The summed E-state index contributed by atoms with van der Waals surface area (Å²) in [6.45, 7) is 4.35. The lowest BCUT2D eigenvalue weighted by Crippen LogP contribution is -2.45. The Morgan fingerprint density at radius 1 is 0.343 bits per heavy atom.